The number of aromatic hydroxyl groups is 1. The van der Waals surface area contributed by atoms with Crippen LogP contribution in [-0.2, 0) is 22.6 Å². The van der Waals surface area contributed by atoms with Crippen LogP contribution >= 0.6 is 0 Å². The molecule has 0 saturated carbocycles. The second-order valence-corrected chi connectivity index (χ2v) is 8.68. The molecule has 11 nitrogen and oxygen atoms in total. The highest BCUT2D eigenvalue weighted by molar-refractivity contribution is 5.89. The van der Waals surface area contributed by atoms with E-state index in [-0.39, 0.29) is 11.1 Å². The number of carbonyl (C=O) groups is 2. The average molecular weight is 534 g/mol. The molecule has 0 bridgehead atoms. The first-order chi connectivity index (χ1) is 18.0. The number of carboxylic acid groups (broad SMARTS) is 2. The molecule has 0 atom stereocenters. The SMILES string of the molecule is CCc1nn(CCN2CCN(C)CC2)c2[nH]c(-c3c(F)cccc3F)c(O)c(=O)c12.O=C(O)/C=C/C(=O)O. The molecule has 0 unspecified atom stereocenters. The zero-order valence-corrected chi connectivity index (χ0v) is 20.9. The Labute approximate surface area is 216 Å². The van der Waals surface area contributed by atoms with E-state index in [1.165, 1.54) is 6.07 Å². The maximum atomic E-state index is 14.3. The Morgan fingerprint density at radius 3 is 2.16 bits per heavy atom. The zero-order chi connectivity index (χ0) is 28.0. The number of benzene rings is 1. The number of hydrogen-bond donors (Lipinski definition) is 4. The Morgan fingerprint density at radius 1 is 1.05 bits per heavy atom. The summed E-state index contributed by atoms with van der Waals surface area (Å²) in [6, 6.07) is 3.41. The van der Waals surface area contributed by atoms with Crippen LogP contribution in [0.2, 0.25) is 0 Å². The van der Waals surface area contributed by atoms with E-state index in [1.807, 2.05) is 6.92 Å². The van der Waals surface area contributed by atoms with Gasteiger partial charge in [-0.1, -0.05) is 13.0 Å². The Hall–Kier alpha value is -4.10. The lowest BCUT2D eigenvalue weighted by Gasteiger charge is -2.32. The van der Waals surface area contributed by atoms with Gasteiger partial charge in [0.05, 0.1) is 28.9 Å². The molecule has 1 aliphatic heterocycles. The summed E-state index contributed by atoms with van der Waals surface area (Å²) >= 11 is 0. The summed E-state index contributed by atoms with van der Waals surface area (Å²) in [5, 5.41) is 30.9. The first-order valence-corrected chi connectivity index (χ1v) is 11.9. The quantitative estimate of drug-likeness (QED) is 0.334. The molecule has 13 heteroatoms. The summed E-state index contributed by atoms with van der Waals surface area (Å²) in [7, 11) is 2.09. The van der Waals surface area contributed by atoms with E-state index in [1.54, 1.807) is 4.68 Å². The molecule has 38 heavy (non-hydrogen) atoms. The molecule has 204 valence electrons. The van der Waals surface area contributed by atoms with Gasteiger partial charge >= 0.3 is 11.9 Å². The van der Waals surface area contributed by atoms with Crippen molar-refractivity contribution in [3.05, 3.63) is 57.9 Å². The van der Waals surface area contributed by atoms with Crippen molar-refractivity contribution in [2.45, 2.75) is 19.9 Å². The minimum atomic E-state index is -1.26. The lowest BCUT2D eigenvalue weighted by atomic mass is 10.1. The molecule has 1 aromatic carbocycles. The van der Waals surface area contributed by atoms with Crippen LogP contribution in [0.5, 0.6) is 5.75 Å². The van der Waals surface area contributed by atoms with Crippen molar-refractivity contribution >= 4 is 23.0 Å². The monoisotopic (exact) mass is 533 g/mol. The summed E-state index contributed by atoms with van der Waals surface area (Å²) in [4.78, 5) is 39.5. The van der Waals surface area contributed by atoms with Crippen molar-refractivity contribution < 1.29 is 33.7 Å². The topological polar surface area (TPSA) is 152 Å². The van der Waals surface area contributed by atoms with Crippen LogP contribution in [0.3, 0.4) is 0 Å². The van der Waals surface area contributed by atoms with E-state index in [0.29, 0.717) is 36.5 Å². The number of rotatable bonds is 7. The first kappa shape index (κ1) is 28.5. The first-order valence-electron chi connectivity index (χ1n) is 11.9. The highest BCUT2D eigenvalue weighted by Gasteiger charge is 2.24. The number of fused-ring (bicyclic) bond motifs is 1. The molecule has 3 heterocycles. The summed E-state index contributed by atoms with van der Waals surface area (Å²) in [6.07, 6.45) is 1.61. The molecule has 3 aromatic rings. The smallest absolute Gasteiger partial charge is 0.328 e. The van der Waals surface area contributed by atoms with Crippen LogP contribution < -0.4 is 5.43 Å². The van der Waals surface area contributed by atoms with Crippen LogP contribution in [0, 0.1) is 11.6 Å². The number of aryl methyl sites for hydroxylation is 1. The zero-order valence-electron chi connectivity index (χ0n) is 20.9. The molecule has 0 spiro atoms. The van der Waals surface area contributed by atoms with Gasteiger partial charge in [-0.25, -0.2) is 23.1 Å². The van der Waals surface area contributed by atoms with E-state index in [0.717, 1.165) is 44.9 Å². The van der Waals surface area contributed by atoms with Gasteiger partial charge < -0.3 is 25.2 Å². The predicted octanol–water partition coefficient (Wildman–Crippen LogP) is 1.90. The van der Waals surface area contributed by atoms with E-state index in [2.05, 4.69) is 26.9 Å². The molecule has 1 saturated heterocycles. The minimum absolute atomic E-state index is 0.258. The van der Waals surface area contributed by atoms with Crippen LogP contribution in [-0.4, -0.2) is 91.6 Å². The van der Waals surface area contributed by atoms with E-state index < -0.39 is 40.3 Å². The van der Waals surface area contributed by atoms with E-state index >= 15 is 0 Å². The molecule has 2 aromatic heterocycles. The number of likely N-dealkylation sites (N-methyl/N-ethyl adjacent to an activating group) is 1. The van der Waals surface area contributed by atoms with Gasteiger partial charge in [0.25, 0.3) is 0 Å². The summed E-state index contributed by atoms with van der Waals surface area (Å²) in [5.41, 5.74) is -0.503. The molecule has 1 fully saturated rings. The summed E-state index contributed by atoms with van der Waals surface area (Å²) < 4.78 is 30.3. The largest absolute Gasteiger partial charge is 0.503 e. The lowest BCUT2D eigenvalue weighted by molar-refractivity contribution is -0.134. The van der Waals surface area contributed by atoms with Crippen molar-refractivity contribution in [3.8, 4) is 17.0 Å². The van der Waals surface area contributed by atoms with Gasteiger partial charge in [-0.2, -0.15) is 5.10 Å². The van der Waals surface area contributed by atoms with Crippen LogP contribution in [0.1, 0.15) is 12.6 Å². The summed E-state index contributed by atoms with van der Waals surface area (Å²) in [6.45, 7) is 6.98. The highest BCUT2D eigenvalue weighted by atomic mass is 19.1. The fourth-order valence-corrected chi connectivity index (χ4v) is 4.06. The number of H-pyrrole nitrogens is 1. The van der Waals surface area contributed by atoms with Gasteiger partial charge in [0.2, 0.25) is 5.43 Å². The van der Waals surface area contributed by atoms with Gasteiger partial charge in [-0.15, -0.1) is 0 Å². The molecular formula is C25H29F2N5O6. The van der Waals surface area contributed by atoms with Gasteiger partial charge in [0.15, 0.2) is 5.75 Å². The molecular weight excluding hydrogens is 504 g/mol. The number of nitrogens with one attached hydrogen (secondary N) is 1. The molecule has 0 radical (unpaired) electrons. The number of aliphatic carboxylic acids is 2. The molecule has 4 N–H and O–H groups in total. The van der Waals surface area contributed by atoms with Crippen LogP contribution in [0.15, 0.2) is 35.1 Å². The normalized spacial score (nSPS) is 14.5. The van der Waals surface area contributed by atoms with Crippen molar-refractivity contribution in [2.75, 3.05) is 39.8 Å². The number of nitrogens with zero attached hydrogens (tertiary/aromatic N) is 4. The fourth-order valence-electron chi connectivity index (χ4n) is 4.06. The number of halogens is 2. The van der Waals surface area contributed by atoms with Crippen LogP contribution in [0.4, 0.5) is 8.78 Å². The fraction of sp³-hybridized carbons (Fsp3) is 0.360. The van der Waals surface area contributed by atoms with Gasteiger partial charge in [0, 0.05) is 44.9 Å². The van der Waals surface area contributed by atoms with E-state index in [4.69, 9.17) is 10.2 Å². The second-order valence-electron chi connectivity index (χ2n) is 8.68. The van der Waals surface area contributed by atoms with Crippen LogP contribution in [0.25, 0.3) is 22.3 Å². The number of aromatic nitrogens is 3. The number of aromatic amines is 1. The second kappa shape index (κ2) is 12.4. The summed E-state index contributed by atoms with van der Waals surface area (Å²) in [5.74, 6) is -4.95. The van der Waals surface area contributed by atoms with Crippen molar-refractivity contribution in [1.29, 1.82) is 0 Å². The van der Waals surface area contributed by atoms with Crippen molar-refractivity contribution in [1.82, 2.24) is 24.6 Å². The van der Waals surface area contributed by atoms with Gasteiger partial charge in [-0.05, 0) is 25.6 Å². The maximum Gasteiger partial charge on any atom is 0.328 e. The average Bonchev–Trinajstić information content (AvgIpc) is 3.23. The Bertz CT molecular complexity index is 1370. The molecule has 1 aliphatic rings. The number of pyridine rings is 1. The van der Waals surface area contributed by atoms with E-state index in [9.17, 15) is 28.3 Å². The van der Waals surface area contributed by atoms with Gasteiger partial charge in [-0.3, -0.25) is 9.69 Å². The molecule has 0 aliphatic carbocycles. The Morgan fingerprint density at radius 2 is 1.63 bits per heavy atom. The molecule has 4 rings (SSSR count). The number of carboxylic acids is 2. The van der Waals surface area contributed by atoms with Crippen molar-refractivity contribution in [2.24, 2.45) is 0 Å². The highest BCUT2D eigenvalue weighted by Crippen LogP contribution is 2.31. The third-order valence-electron chi connectivity index (χ3n) is 6.09. The Balaban J connectivity index is 0.000000436. The minimum Gasteiger partial charge on any atom is -0.503 e. The third kappa shape index (κ3) is 6.61. The standard InChI is InChI=1S/C21H25F2N5O2.C4H4O4/c1-3-15-17-19(29)20(30)18(16-13(22)5-4-6-14(16)23)24-21(17)28(25-15)12-11-27-9-7-26(2)8-10-27;5-3(6)1-2-4(7)8/h4-6,30H,3,7-12H2,1-2H3,(H,24,29);1-2H,(H,5,6)(H,7,8)/b;2-1+. The van der Waals surface area contributed by atoms with Gasteiger partial charge in [0.1, 0.15) is 17.3 Å². The molecule has 0 amide bonds. The Kier molecular flexibility index (Phi) is 9.31. The van der Waals surface area contributed by atoms with Crippen molar-refractivity contribution in [3.63, 3.8) is 0 Å². The predicted molar refractivity (Wildman–Crippen MR) is 135 cm³/mol. The third-order valence-corrected chi connectivity index (χ3v) is 6.09. The maximum absolute atomic E-state index is 14.3. The number of piperazine rings is 1. The lowest BCUT2D eigenvalue weighted by Crippen LogP contribution is -2.45. The number of hydrogen-bond acceptors (Lipinski definition) is 7.